The molecular formula is C18H26BFO4. The third-order valence-corrected chi connectivity index (χ3v) is 4.52. The first kappa shape index (κ1) is 19.0. The van der Waals surface area contributed by atoms with Crippen molar-refractivity contribution < 1.29 is 22.9 Å². The van der Waals surface area contributed by atoms with Crippen molar-refractivity contribution in [1.29, 1.82) is 0 Å². The number of ether oxygens (including phenoxy) is 1. The molecule has 1 fully saturated rings. The monoisotopic (exact) mass is 336 g/mol. The molecule has 4 nitrogen and oxygen atoms in total. The Bertz CT molecular complexity index is 602. The van der Waals surface area contributed by atoms with Gasteiger partial charge in [-0.2, -0.15) is 0 Å². The molecule has 1 aromatic rings. The largest absolute Gasteiger partial charge is 0.525 e. The van der Waals surface area contributed by atoms with Gasteiger partial charge in [-0.3, -0.25) is 0 Å². The molecule has 0 radical (unpaired) electrons. The second-order valence-corrected chi connectivity index (χ2v) is 6.94. The minimum Gasteiger partial charge on any atom is -0.462 e. The van der Waals surface area contributed by atoms with Crippen LogP contribution in [0.3, 0.4) is 0 Å². The van der Waals surface area contributed by atoms with Crippen LogP contribution in [0.5, 0.6) is 0 Å². The summed E-state index contributed by atoms with van der Waals surface area (Å²) < 4.78 is 37.8. The molecule has 2 rings (SSSR count). The van der Waals surface area contributed by atoms with Gasteiger partial charge in [0, 0.05) is 12.0 Å². The highest BCUT2D eigenvalue weighted by molar-refractivity contribution is 6.55. The average Bonchev–Trinajstić information content (AvgIpc) is 3.00. The van der Waals surface area contributed by atoms with Gasteiger partial charge in [0.15, 0.2) is 0 Å². The fourth-order valence-corrected chi connectivity index (χ4v) is 2.39. The summed E-state index contributed by atoms with van der Waals surface area (Å²) in [5, 5.41) is 0. The Hall–Kier alpha value is -1.37. The van der Waals surface area contributed by atoms with Gasteiger partial charge in [0.1, 0.15) is 17.2 Å². The highest BCUT2D eigenvalue weighted by Gasteiger charge is 2.53. The van der Waals surface area contributed by atoms with E-state index in [0.717, 1.165) is 5.76 Å². The van der Waals surface area contributed by atoms with Gasteiger partial charge in [0.2, 0.25) is 0 Å². The molecule has 1 aliphatic heterocycles. The lowest BCUT2D eigenvalue weighted by Gasteiger charge is -2.32. The maximum atomic E-state index is 15.2. The van der Waals surface area contributed by atoms with E-state index in [1.54, 1.807) is 18.2 Å². The van der Waals surface area contributed by atoms with Crippen molar-refractivity contribution in [3.05, 3.63) is 42.0 Å². The van der Waals surface area contributed by atoms with Crippen LogP contribution in [0.2, 0.25) is 0 Å². The van der Waals surface area contributed by atoms with E-state index in [1.807, 2.05) is 34.6 Å². The molecule has 0 unspecified atom stereocenters. The molecule has 132 valence electrons. The number of hydrogen-bond donors (Lipinski definition) is 0. The molecule has 0 atom stereocenters. The van der Waals surface area contributed by atoms with E-state index < -0.39 is 24.0 Å². The van der Waals surface area contributed by atoms with E-state index >= 15 is 4.39 Å². The Balaban J connectivity index is 2.27. The zero-order valence-corrected chi connectivity index (χ0v) is 15.1. The van der Waals surface area contributed by atoms with Crippen molar-refractivity contribution in [3.8, 4) is 0 Å². The Labute approximate surface area is 143 Å². The van der Waals surface area contributed by atoms with Gasteiger partial charge in [-0.1, -0.05) is 6.08 Å². The van der Waals surface area contributed by atoms with E-state index in [9.17, 15) is 0 Å². The molecule has 24 heavy (non-hydrogen) atoms. The van der Waals surface area contributed by atoms with Gasteiger partial charge in [-0.15, -0.1) is 6.58 Å². The SMILES string of the molecule is C=CCOCCC(=C(F)B1OC(C)(C)C(C)(C)O1)c1ccc(C)o1. The van der Waals surface area contributed by atoms with E-state index in [1.165, 1.54) is 0 Å². The molecule has 0 saturated carbocycles. The van der Waals surface area contributed by atoms with Crippen molar-refractivity contribution in [2.24, 2.45) is 0 Å². The first-order valence-electron chi connectivity index (χ1n) is 8.17. The summed E-state index contributed by atoms with van der Waals surface area (Å²) in [6.07, 6.45) is 2.02. The average molecular weight is 336 g/mol. The van der Waals surface area contributed by atoms with Crippen LogP contribution in [0.15, 0.2) is 34.9 Å². The highest BCUT2D eigenvalue weighted by Crippen LogP contribution is 2.40. The van der Waals surface area contributed by atoms with E-state index in [-0.39, 0.29) is 0 Å². The van der Waals surface area contributed by atoms with Gasteiger partial charge >= 0.3 is 7.12 Å². The van der Waals surface area contributed by atoms with E-state index in [0.29, 0.717) is 31.0 Å². The Morgan fingerprint density at radius 2 is 1.88 bits per heavy atom. The first-order valence-corrected chi connectivity index (χ1v) is 8.17. The zero-order chi connectivity index (χ0) is 18.0. The number of aryl methyl sites for hydroxylation is 1. The topological polar surface area (TPSA) is 40.8 Å². The maximum Gasteiger partial charge on any atom is 0.525 e. The molecule has 0 aliphatic carbocycles. The molecule has 0 N–H and O–H groups in total. The fourth-order valence-electron chi connectivity index (χ4n) is 2.39. The standard InChI is InChI=1S/C18H26BFO4/c1-7-11-21-12-10-14(15-9-8-13(2)22-15)16(20)19-23-17(3,4)18(5,6)24-19/h7-9H,1,10-12H2,2-6H3. The second-order valence-electron chi connectivity index (χ2n) is 6.94. The summed E-state index contributed by atoms with van der Waals surface area (Å²) >= 11 is 0. The van der Waals surface area contributed by atoms with Crippen LogP contribution < -0.4 is 0 Å². The molecule has 1 aromatic heterocycles. The molecule has 0 spiro atoms. The summed E-state index contributed by atoms with van der Waals surface area (Å²) in [6, 6.07) is 3.56. The molecule has 2 heterocycles. The number of rotatable bonds is 7. The van der Waals surface area contributed by atoms with Crippen LogP contribution in [0, 0.1) is 6.92 Å². The van der Waals surface area contributed by atoms with Crippen molar-refractivity contribution >= 4 is 12.7 Å². The smallest absolute Gasteiger partial charge is 0.462 e. The minimum atomic E-state index is -1.05. The van der Waals surface area contributed by atoms with Crippen LogP contribution >= 0.6 is 0 Å². The van der Waals surface area contributed by atoms with Crippen molar-refractivity contribution in [2.45, 2.75) is 52.2 Å². The number of furan rings is 1. The maximum absolute atomic E-state index is 15.2. The van der Waals surface area contributed by atoms with Crippen molar-refractivity contribution in [2.75, 3.05) is 13.2 Å². The van der Waals surface area contributed by atoms with Crippen LogP contribution in [0.1, 0.15) is 45.6 Å². The number of halogens is 1. The lowest BCUT2D eigenvalue weighted by atomic mass is 9.83. The lowest BCUT2D eigenvalue weighted by Crippen LogP contribution is -2.41. The van der Waals surface area contributed by atoms with E-state index in [4.69, 9.17) is 18.5 Å². The quantitative estimate of drug-likeness (QED) is 0.418. The van der Waals surface area contributed by atoms with Gasteiger partial charge in [-0.25, -0.2) is 4.39 Å². The molecule has 6 heteroatoms. The van der Waals surface area contributed by atoms with Gasteiger partial charge in [-0.05, 0) is 46.8 Å². The predicted molar refractivity (Wildman–Crippen MR) is 93.2 cm³/mol. The molecule has 0 amide bonds. The summed E-state index contributed by atoms with van der Waals surface area (Å²) in [7, 11) is -1.05. The molecule has 0 aromatic carbocycles. The number of hydrogen-bond acceptors (Lipinski definition) is 4. The zero-order valence-electron chi connectivity index (χ0n) is 15.1. The third kappa shape index (κ3) is 3.99. The summed E-state index contributed by atoms with van der Waals surface area (Å²) in [4.78, 5) is 0. The van der Waals surface area contributed by atoms with Gasteiger partial charge in [0.05, 0.1) is 24.4 Å². The molecule has 1 saturated heterocycles. The Kier molecular flexibility index (Phi) is 5.73. The summed E-state index contributed by atoms with van der Waals surface area (Å²) in [5.74, 6) is 1.19. The van der Waals surface area contributed by atoms with Gasteiger partial charge in [0.25, 0.3) is 0 Å². The highest BCUT2D eigenvalue weighted by atomic mass is 19.1. The molecule has 1 aliphatic rings. The minimum absolute atomic E-state index is 0.355. The van der Waals surface area contributed by atoms with Crippen molar-refractivity contribution in [3.63, 3.8) is 0 Å². The Morgan fingerprint density at radius 1 is 1.25 bits per heavy atom. The van der Waals surface area contributed by atoms with Crippen molar-refractivity contribution in [1.82, 2.24) is 0 Å². The van der Waals surface area contributed by atoms with Crippen LogP contribution in [0.4, 0.5) is 4.39 Å². The first-order chi connectivity index (χ1) is 11.2. The van der Waals surface area contributed by atoms with Gasteiger partial charge < -0.3 is 18.5 Å². The second kappa shape index (κ2) is 7.25. The lowest BCUT2D eigenvalue weighted by molar-refractivity contribution is 0.00578. The van der Waals surface area contributed by atoms with Crippen LogP contribution in [-0.2, 0) is 14.0 Å². The fraction of sp³-hybridized carbons (Fsp3) is 0.556. The van der Waals surface area contributed by atoms with E-state index in [2.05, 4.69) is 6.58 Å². The summed E-state index contributed by atoms with van der Waals surface area (Å²) in [6.45, 7) is 13.8. The third-order valence-electron chi connectivity index (χ3n) is 4.52. The summed E-state index contributed by atoms with van der Waals surface area (Å²) in [5.41, 5.74) is -1.26. The normalized spacial score (nSPS) is 20.2. The Morgan fingerprint density at radius 3 is 2.38 bits per heavy atom. The van der Waals surface area contributed by atoms with Crippen LogP contribution in [0.25, 0.3) is 5.57 Å². The molecular weight excluding hydrogens is 310 g/mol. The van der Waals surface area contributed by atoms with Crippen LogP contribution in [-0.4, -0.2) is 31.5 Å². The molecule has 0 bridgehead atoms. The predicted octanol–water partition coefficient (Wildman–Crippen LogP) is 4.49.